The van der Waals surface area contributed by atoms with Crippen molar-refractivity contribution < 1.29 is 0 Å². The molecule has 1 aromatic rings. The van der Waals surface area contributed by atoms with Crippen LogP contribution in [0.2, 0.25) is 0 Å². The molecule has 1 nitrogen and oxygen atoms in total. The average Bonchev–Trinajstić information content (AvgIpc) is 2.87. The van der Waals surface area contributed by atoms with E-state index in [1.54, 1.807) is 0 Å². The van der Waals surface area contributed by atoms with E-state index in [4.69, 9.17) is 0 Å². The van der Waals surface area contributed by atoms with Crippen LogP contribution >= 0.6 is 0 Å². The maximum absolute atomic E-state index is 3.96. The summed E-state index contributed by atoms with van der Waals surface area (Å²) in [6.45, 7) is 9.74. The van der Waals surface area contributed by atoms with Gasteiger partial charge >= 0.3 is 0 Å². The van der Waals surface area contributed by atoms with Gasteiger partial charge in [0.05, 0.1) is 0 Å². The molecule has 4 atom stereocenters. The number of benzene rings is 1. The lowest BCUT2D eigenvalue weighted by Crippen LogP contribution is -2.50. The van der Waals surface area contributed by atoms with E-state index in [-0.39, 0.29) is 0 Å². The molecule has 2 bridgehead atoms. The van der Waals surface area contributed by atoms with Gasteiger partial charge in [0.15, 0.2) is 0 Å². The maximum atomic E-state index is 3.96. The molecule has 0 heterocycles. The third-order valence-corrected chi connectivity index (χ3v) is 5.99. The third kappa shape index (κ3) is 2.03. The molecule has 1 N–H and O–H groups in total. The van der Waals surface area contributed by atoms with E-state index < -0.39 is 0 Å². The lowest BCUT2D eigenvalue weighted by molar-refractivity contribution is 0.100. The fourth-order valence-electron chi connectivity index (χ4n) is 4.81. The van der Waals surface area contributed by atoms with E-state index in [2.05, 4.69) is 63.3 Å². The lowest BCUT2D eigenvalue weighted by Gasteiger charge is -2.44. The Kier molecular flexibility index (Phi) is 3.01. The van der Waals surface area contributed by atoms with E-state index >= 15 is 0 Å². The molecule has 3 rings (SSSR count). The number of nitrogens with one attached hydrogen (secondary N) is 1. The summed E-state index contributed by atoms with van der Waals surface area (Å²) < 4.78 is 0. The monoisotopic (exact) mass is 257 g/mol. The van der Waals surface area contributed by atoms with Crippen molar-refractivity contribution in [1.29, 1.82) is 0 Å². The topological polar surface area (TPSA) is 12.0 Å². The van der Waals surface area contributed by atoms with Crippen LogP contribution in [0.25, 0.3) is 0 Å². The van der Waals surface area contributed by atoms with Crippen LogP contribution in [-0.2, 0) is 0 Å². The normalized spacial score (nSPS) is 37.5. The quantitative estimate of drug-likeness (QED) is 0.837. The smallest absolute Gasteiger partial charge is 0.0294 e. The van der Waals surface area contributed by atoms with Crippen molar-refractivity contribution in [3.05, 3.63) is 35.9 Å². The minimum atomic E-state index is 0.441. The fourth-order valence-corrected chi connectivity index (χ4v) is 4.81. The molecule has 19 heavy (non-hydrogen) atoms. The van der Waals surface area contributed by atoms with Gasteiger partial charge in [-0.05, 0) is 48.5 Å². The Bertz CT molecular complexity index is 445. The zero-order chi connectivity index (χ0) is 13.7. The Balaban J connectivity index is 1.80. The van der Waals surface area contributed by atoms with Crippen LogP contribution in [0, 0.1) is 16.7 Å². The summed E-state index contributed by atoms with van der Waals surface area (Å²) in [4.78, 5) is 0. The molecule has 104 valence electrons. The second-order valence-corrected chi connectivity index (χ2v) is 7.65. The van der Waals surface area contributed by atoms with Gasteiger partial charge in [0.1, 0.15) is 0 Å². The van der Waals surface area contributed by atoms with Crippen LogP contribution in [0.3, 0.4) is 0 Å². The highest BCUT2D eigenvalue weighted by Gasteiger charge is 2.59. The van der Waals surface area contributed by atoms with Crippen LogP contribution in [-0.4, -0.2) is 6.04 Å². The van der Waals surface area contributed by atoms with Crippen molar-refractivity contribution in [2.45, 2.75) is 59.0 Å². The van der Waals surface area contributed by atoms with Gasteiger partial charge in [-0.2, -0.15) is 0 Å². The van der Waals surface area contributed by atoms with Crippen LogP contribution in [0.15, 0.2) is 30.3 Å². The molecular weight excluding hydrogens is 230 g/mol. The van der Waals surface area contributed by atoms with Gasteiger partial charge in [0.25, 0.3) is 0 Å². The minimum Gasteiger partial charge on any atom is -0.306 e. The predicted molar refractivity (Wildman–Crippen MR) is 81.0 cm³/mol. The summed E-state index contributed by atoms with van der Waals surface area (Å²) in [6, 6.07) is 11.9. The second-order valence-electron chi connectivity index (χ2n) is 7.65. The summed E-state index contributed by atoms with van der Waals surface area (Å²) in [5.41, 5.74) is 2.36. The van der Waals surface area contributed by atoms with Gasteiger partial charge in [-0.15, -0.1) is 0 Å². The minimum absolute atomic E-state index is 0.441. The molecule has 1 heteroatoms. The predicted octanol–water partition coefficient (Wildman–Crippen LogP) is 4.55. The van der Waals surface area contributed by atoms with Crippen molar-refractivity contribution in [3.63, 3.8) is 0 Å². The second kappa shape index (κ2) is 4.34. The molecule has 2 fully saturated rings. The molecule has 0 aromatic heterocycles. The summed E-state index contributed by atoms with van der Waals surface area (Å²) >= 11 is 0. The highest BCUT2D eigenvalue weighted by Crippen LogP contribution is 2.62. The molecular formula is C18H27N. The first-order valence-corrected chi connectivity index (χ1v) is 7.74. The van der Waals surface area contributed by atoms with Crippen molar-refractivity contribution in [1.82, 2.24) is 5.32 Å². The molecule has 2 aliphatic carbocycles. The van der Waals surface area contributed by atoms with E-state index in [1.807, 2.05) is 0 Å². The molecule has 0 aliphatic heterocycles. The Hall–Kier alpha value is -0.820. The molecule has 0 spiro atoms. The third-order valence-electron chi connectivity index (χ3n) is 5.99. The summed E-state index contributed by atoms with van der Waals surface area (Å²) in [5, 5.41) is 3.96. The lowest BCUT2D eigenvalue weighted by atomic mass is 9.68. The molecule has 3 unspecified atom stereocenters. The van der Waals surface area contributed by atoms with Gasteiger partial charge in [-0.1, -0.05) is 51.1 Å². The van der Waals surface area contributed by atoms with Crippen LogP contribution in [0.5, 0.6) is 0 Å². The van der Waals surface area contributed by atoms with Gasteiger partial charge in [0.2, 0.25) is 0 Å². The zero-order valence-electron chi connectivity index (χ0n) is 12.7. The van der Waals surface area contributed by atoms with Gasteiger partial charge in [0, 0.05) is 12.1 Å². The number of hydrogen-bond donors (Lipinski definition) is 1. The Labute approximate surface area is 117 Å². The molecule has 2 saturated carbocycles. The fraction of sp³-hybridized carbons (Fsp3) is 0.667. The van der Waals surface area contributed by atoms with E-state index in [1.165, 1.54) is 24.8 Å². The molecule has 0 radical (unpaired) electrons. The number of hydrogen-bond acceptors (Lipinski definition) is 1. The molecule has 2 aliphatic rings. The van der Waals surface area contributed by atoms with Crippen LogP contribution in [0.1, 0.15) is 58.6 Å². The number of fused-ring (bicyclic) bond motifs is 2. The Morgan fingerprint density at radius 3 is 2.42 bits per heavy atom. The van der Waals surface area contributed by atoms with Crippen LogP contribution in [0.4, 0.5) is 0 Å². The first-order valence-electron chi connectivity index (χ1n) is 7.74. The molecule has 0 amide bonds. The highest BCUT2D eigenvalue weighted by molar-refractivity contribution is 5.20. The number of rotatable bonds is 3. The largest absolute Gasteiger partial charge is 0.306 e. The Morgan fingerprint density at radius 1 is 1.16 bits per heavy atom. The summed E-state index contributed by atoms with van der Waals surface area (Å²) in [5.74, 6) is 0.915. The van der Waals surface area contributed by atoms with E-state index in [0.717, 1.165) is 5.92 Å². The summed E-state index contributed by atoms with van der Waals surface area (Å²) in [7, 11) is 0. The maximum Gasteiger partial charge on any atom is 0.0294 e. The SMILES string of the molecule is C[C@H](NC1C2(C)CCC(C2)C1(C)C)c1ccccc1. The van der Waals surface area contributed by atoms with E-state index in [9.17, 15) is 0 Å². The average molecular weight is 257 g/mol. The van der Waals surface area contributed by atoms with Crippen molar-refractivity contribution in [2.24, 2.45) is 16.7 Å². The van der Waals surface area contributed by atoms with Gasteiger partial charge in [-0.3, -0.25) is 0 Å². The van der Waals surface area contributed by atoms with Crippen molar-refractivity contribution >= 4 is 0 Å². The first-order chi connectivity index (χ1) is 8.93. The Morgan fingerprint density at radius 2 is 1.84 bits per heavy atom. The first kappa shape index (κ1) is 13.2. The zero-order valence-corrected chi connectivity index (χ0v) is 12.7. The summed E-state index contributed by atoms with van der Waals surface area (Å²) in [6.07, 6.45) is 4.25. The highest BCUT2D eigenvalue weighted by atomic mass is 15.0. The van der Waals surface area contributed by atoms with Crippen LogP contribution < -0.4 is 5.32 Å². The standard InChI is InChI=1S/C18H27N/c1-13(14-8-6-5-7-9-14)19-16-17(2,3)15-10-11-18(16,4)12-15/h5-9,13,15-16,19H,10-12H2,1-4H3/t13-,15?,16?,18?/m0/s1. The van der Waals surface area contributed by atoms with Crippen molar-refractivity contribution in [2.75, 3.05) is 0 Å². The van der Waals surface area contributed by atoms with Gasteiger partial charge < -0.3 is 5.32 Å². The van der Waals surface area contributed by atoms with Gasteiger partial charge in [-0.25, -0.2) is 0 Å². The molecule has 0 saturated heterocycles. The van der Waals surface area contributed by atoms with Crippen molar-refractivity contribution in [3.8, 4) is 0 Å². The van der Waals surface area contributed by atoms with E-state index in [0.29, 0.717) is 22.9 Å². The molecule has 1 aromatic carbocycles.